The molecule has 0 radical (unpaired) electrons. The quantitative estimate of drug-likeness (QED) is 0.495. The van der Waals surface area contributed by atoms with Crippen LogP contribution in [0.15, 0.2) is 41.1 Å². The van der Waals surface area contributed by atoms with E-state index >= 15 is 0 Å². The zero-order chi connectivity index (χ0) is 28.4. The van der Waals surface area contributed by atoms with E-state index < -0.39 is 24.2 Å². The predicted molar refractivity (Wildman–Crippen MR) is 135 cm³/mol. The van der Waals surface area contributed by atoms with Crippen LogP contribution in [0.4, 0.5) is 13.2 Å². The molecule has 1 aliphatic heterocycles. The number of benzene rings is 1. The van der Waals surface area contributed by atoms with E-state index in [0.717, 1.165) is 7.11 Å². The third kappa shape index (κ3) is 5.31. The van der Waals surface area contributed by atoms with E-state index in [-0.39, 0.29) is 35.7 Å². The molecule has 1 atom stereocenters. The van der Waals surface area contributed by atoms with Gasteiger partial charge >= 0.3 is 18.1 Å². The van der Waals surface area contributed by atoms with Gasteiger partial charge < -0.3 is 19.2 Å². The summed E-state index contributed by atoms with van der Waals surface area (Å²) in [6.45, 7) is 10.7. The van der Waals surface area contributed by atoms with Gasteiger partial charge in [0.1, 0.15) is 5.69 Å². The molecule has 0 spiro atoms. The van der Waals surface area contributed by atoms with Crippen molar-refractivity contribution < 1.29 is 42.0 Å². The Morgan fingerprint density at radius 1 is 0.921 bits per heavy atom. The van der Waals surface area contributed by atoms with Gasteiger partial charge in [-0.2, -0.15) is 18.2 Å². The van der Waals surface area contributed by atoms with E-state index in [2.05, 4.69) is 9.98 Å². The van der Waals surface area contributed by atoms with Crippen molar-refractivity contribution in [1.29, 1.82) is 0 Å². The second kappa shape index (κ2) is 11.4. The van der Waals surface area contributed by atoms with E-state index in [1.54, 1.807) is 53.7 Å². The first kappa shape index (κ1) is 28.9. The minimum atomic E-state index is -4.69. The van der Waals surface area contributed by atoms with Crippen LogP contribution in [0, 0.1) is 13.8 Å². The molecule has 0 fully saturated rings. The molecule has 0 bridgehead atoms. The van der Waals surface area contributed by atoms with E-state index in [1.165, 1.54) is 12.1 Å². The average molecular weight is 534 g/mol. The highest BCUT2D eigenvalue weighted by Gasteiger charge is 2.44. The molecule has 2 aromatic rings. The number of ether oxygens (including phenoxy) is 3. The lowest BCUT2D eigenvalue weighted by Gasteiger charge is -2.23. The van der Waals surface area contributed by atoms with Crippen molar-refractivity contribution in [3.63, 3.8) is 0 Å². The van der Waals surface area contributed by atoms with E-state index in [1.807, 2.05) is 0 Å². The average Bonchev–Trinajstić information content (AvgIpc) is 3.31. The van der Waals surface area contributed by atoms with Crippen molar-refractivity contribution >= 4 is 23.2 Å². The summed E-state index contributed by atoms with van der Waals surface area (Å²) in [7, 11) is 1.00. The van der Waals surface area contributed by atoms with Gasteiger partial charge in [0, 0.05) is 18.3 Å². The van der Waals surface area contributed by atoms with E-state index in [0.29, 0.717) is 39.2 Å². The zero-order valence-electron chi connectivity index (χ0n) is 22.5. The molecular formula is C28H32F3N2O5+. The number of rotatable bonds is 8. The van der Waals surface area contributed by atoms with Gasteiger partial charge in [-0.25, -0.2) is 9.59 Å². The number of allylic oxidation sites excluding steroid dienone is 1. The van der Waals surface area contributed by atoms with Crippen molar-refractivity contribution in [2.45, 2.75) is 53.8 Å². The fourth-order valence-corrected chi connectivity index (χ4v) is 4.47. The van der Waals surface area contributed by atoms with Crippen molar-refractivity contribution in [3.8, 4) is 0 Å². The third-order valence-electron chi connectivity index (χ3n) is 6.63. The number of methoxy groups -OCH3 is 1. The lowest BCUT2D eigenvalue weighted by atomic mass is 9.89. The van der Waals surface area contributed by atoms with Gasteiger partial charge in [0.05, 0.1) is 24.5 Å². The minimum Gasteiger partial charge on any atom is -0.461 e. The molecule has 0 aliphatic carbocycles. The number of halogens is 3. The van der Waals surface area contributed by atoms with Crippen molar-refractivity contribution in [2.75, 3.05) is 20.3 Å². The highest BCUT2D eigenvalue weighted by Crippen LogP contribution is 2.42. The molecule has 1 aliphatic rings. The molecule has 2 N–H and O–H groups in total. The number of carbonyl (C=O) groups excluding carboxylic acids is 2. The Morgan fingerprint density at radius 2 is 1.50 bits per heavy atom. The number of alkyl halides is 3. The number of hydrogen-bond donors (Lipinski definition) is 2. The topological polar surface area (TPSA) is 91.6 Å². The summed E-state index contributed by atoms with van der Waals surface area (Å²) in [6, 6.07) is 6.03. The zero-order valence-corrected chi connectivity index (χ0v) is 22.5. The second-order valence-electron chi connectivity index (χ2n) is 8.81. The van der Waals surface area contributed by atoms with Gasteiger partial charge in [-0.1, -0.05) is 24.3 Å². The molecule has 10 heteroatoms. The molecule has 1 unspecified atom stereocenters. The summed E-state index contributed by atoms with van der Waals surface area (Å²) < 4.78 is 57.5. The van der Waals surface area contributed by atoms with Crippen LogP contribution < -0.4 is 4.99 Å². The Morgan fingerprint density at radius 3 is 2.08 bits per heavy atom. The van der Waals surface area contributed by atoms with Crippen LogP contribution in [0.2, 0.25) is 0 Å². The normalized spacial score (nSPS) is 15.9. The Bertz CT molecular complexity index is 1350. The molecule has 7 nitrogen and oxygen atoms in total. The minimum absolute atomic E-state index is 0.119. The lowest BCUT2D eigenvalue weighted by molar-refractivity contribution is -0.386. The van der Waals surface area contributed by atoms with Gasteiger partial charge in [-0.3, -0.25) is 0 Å². The van der Waals surface area contributed by atoms with Crippen LogP contribution in [0.3, 0.4) is 0 Å². The van der Waals surface area contributed by atoms with Gasteiger partial charge in [-0.15, -0.1) is 0 Å². The molecular weight excluding hydrogens is 501 g/mol. The Hall–Kier alpha value is -3.66. The first-order valence-corrected chi connectivity index (χ1v) is 12.2. The number of aromatic amines is 1. The fourth-order valence-electron chi connectivity index (χ4n) is 4.47. The van der Waals surface area contributed by atoms with Gasteiger partial charge in [-0.05, 0) is 63.8 Å². The second-order valence-corrected chi connectivity index (χ2v) is 8.81. The number of hydrogen-bond acceptors (Lipinski definition) is 5. The maximum absolute atomic E-state index is 14.1. The van der Waals surface area contributed by atoms with Crippen molar-refractivity contribution in [1.82, 2.24) is 4.98 Å². The number of carbonyl (C=O) groups is 2. The summed E-state index contributed by atoms with van der Waals surface area (Å²) in [5, 5.41) is 0. The SMILES string of the molecule is CCOC(=O)C1=[NH+]/C(=C(/c2ccccc2C(OC)C(F)(F)F)c2[nH]c(C(=O)OCC)c(C)c2C)C(C)=C1C. The number of aromatic nitrogens is 1. The predicted octanol–water partition coefficient (Wildman–Crippen LogP) is 4.25. The smallest absolute Gasteiger partial charge is 0.418 e. The van der Waals surface area contributed by atoms with Crippen LogP contribution >= 0.6 is 0 Å². The largest absolute Gasteiger partial charge is 0.461 e. The van der Waals surface area contributed by atoms with Crippen LogP contribution in [-0.4, -0.2) is 49.1 Å². The molecule has 1 aromatic carbocycles. The summed E-state index contributed by atoms with van der Waals surface area (Å²) >= 11 is 0. The van der Waals surface area contributed by atoms with Crippen LogP contribution in [-0.2, 0) is 19.0 Å². The number of esters is 2. The van der Waals surface area contributed by atoms with Crippen LogP contribution in [0.5, 0.6) is 0 Å². The van der Waals surface area contributed by atoms with Crippen LogP contribution in [0.1, 0.15) is 72.2 Å². The van der Waals surface area contributed by atoms with Crippen LogP contribution in [0.25, 0.3) is 5.57 Å². The highest BCUT2D eigenvalue weighted by molar-refractivity contribution is 6.41. The molecule has 38 heavy (non-hydrogen) atoms. The van der Waals surface area contributed by atoms with E-state index in [4.69, 9.17) is 14.2 Å². The fraction of sp³-hybridized carbons (Fsp3) is 0.393. The first-order valence-electron chi connectivity index (χ1n) is 12.2. The number of H-pyrrole nitrogens is 1. The monoisotopic (exact) mass is 533 g/mol. The molecule has 204 valence electrons. The summed E-state index contributed by atoms with van der Waals surface area (Å²) in [5.41, 5.74) is 4.13. The number of nitrogens with one attached hydrogen (secondary N) is 2. The molecule has 1 aromatic heterocycles. The summed E-state index contributed by atoms with van der Waals surface area (Å²) in [4.78, 5) is 31.5. The van der Waals surface area contributed by atoms with Gasteiger partial charge in [0.25, 0.3) is 5.71 Å². The maximum Gasteiger partial charge on any atom is 0.418 e. The third-order valence-corrected chi connectivity index (χ3v) is 6.63. The maximum atomic E-state index is 14.1. The standard InChI is InChI=1S/C28H31F3N2O5/c1-8-37-26(34)23-16(5)14(3)21(32-23)20(22-15(4)17(6)24(33-22)27(35)38-9-2)18-12-10-11-13-19(18)25(36-7)28(29,30)31/h10-13,25,32H,8-9H2,1-7H3/p+1/b22-20-. The van der Waals surface area contributed by atoms with Gasteiger partial charge in [0.2, 0.25) is 5.70 Å². The lowest BCUT2D eigenvalue weighted by Crippen LogP contribution is -2.70. The summed E-state index contributed by atoms with van der Waals surface area (Å²) in [5.74, 6) is -1.16. The van der Waals surface area contributed by atoms with Crippen molar-refractivity contribution in [3.05, 3.63) is 74.8 Å². The first-order chi connectivity index (χ1) is 17.9. The highest BCUT2D eigenvalue weighted by atomic mass is 19.4. The molecule has 0 saturated carbocycles. The Balaban J connectivity index is 2.45. The summed E-state index contributed by atoms with van der Waals surface area (Å²) in [6.07, 6.45) is -6.90. The van der Waals surface area contributed by atoms with E-state index in [9.17, 15) is 22.8 Å². The van der Waals surface area contributed by atoms with Gasteiger partial charge in [0.15, 0.2) is 6.10 Å². The molecule has 2 heterocycles. The molecule has 0 amide bonds. The Labute approximate surface area is 219 Å². The molecule has 0 saturated heterocycles. The van der Waals surface area contributed by atoms with Crippen molar-refractivity contribution in [2.24, 2.45) is 0 Å². The molecule has 3 rings (SSSR count). The Kier molecular flexibility index (Phi) is 8.66.